The standard InChI is InChI=1S/C17H16N6O2S2/c1-22(2)27(24,25)21-13-7-5-12(6-8-13)14-9-10-16-18-19-17(23(16)20-14)15-4-3-11-26-15/h3-11,21H,1-2H3. The van der Waals surface area contributed by atoms with Gasteiger partial charge in [0.25, 0.3) is 0 Å². The van der Waals surface area contributed by atoms with Crippen LogP contribution in [-0.2, 0) is 10.2 Å². The number of rotatable bonds is 5. The summed E-state index contributed by atoms with van der Waals surface area (Å²) in [6.07, 6.45) is 0. The molecule has 4 aromatic rings. The zero-order valence-corrected chi connectivity index (χ0v) is 16.2. The minimum Gasteiger partial charge on any atom is -0.271 e. The van der Waals surface area contributed by atoms with E-state index >= 15 is 0 Å². The predicted molar refractivity (Wildman–Crippen MR) is 106 cm³/mol. The average molecular weight is 400 g/mol. The number of hydrogen-bond acceptors (Lipinski definition) is 6. The summed E-state index contributed by atoms with van der Waals surface area (Å²) in [5, 5.41) is 15.0. The third kappa shape index (κ3) is 3.42. The molecule has 0 aliphatic rings. The van der Waals surface area contributed by atoms with Crippen LogP contribution in [0.5, 0.6) is 0 Å². The highest BCUT2D eigenvalue weighted by molar-refractivity contribution is 7.90. The highest BCUT2D eigenvalue weighted by Gasteiger charge is 2.14. The second-order valence-electron chi connectivity index (χ2n) is 5.96. The summed E-state index contributed by atoms with van der Waals surface area (Å²) in [4.78, 5) is 0.987. The van der Waals surface area contributed by atoms with Crippen molar-refractivity contribution >= 4 is 32.9 Å². The van der Waals surface area contributed by atoms with E-state index in [1.165, 1.54) is 14.1 Å². The molecule has 0 radical (unpaired) electrons. The van der Waals surface area contributed by atoms with Gasteiger partial charge in [0.1, 0.15) is 0 Å². The molecule has 8 nitrogen and oxygen atoms in total. The van der Waals surface area contributed by atoms with E-state index in [0.29, 0.717) is 17.2 Å². The van der Waals surface area contributed by atoms with Crippen molar-refractivity contribution in [3.8, 4) is 22.0 Å². The number of benzene rings is 1. The van der Waals surface area contributed by atoms with Gasteiger partial charge in [-0.15, -0.1) is 21.5 Å². The molecule has 0 atom stereocenters. The molecule has 10 heteroatoms. The molecular weight excluding hydrogens is 384 g/mol. The number of aromatic nitrogens is 4. The fourth-order valence-corrected chi connectivity index (χ4v) is 3.76. The fraction of sp³-hybridized carbons (Fsp3) is 0.118. The van der Waals surface area contributed by atoms with Crippen molar-refractivity contribution in [2.75, 3.05) is 18.8 Å². The Hall–Kier alpha value is -2.82. The van der Waals surface area contributed by atoms with Gasteiger partial charge >= 0.3 is 10.2 Å². The third-order valence-corrected chi connectivity index (χ3v) is 6.23. The van der Waals surface area contributed by atoms with E-state index in [9.17, 15) is 8.42 Å². The monoisotopic (exact) mass is 400 g/mol. The molecule has 0 aliphatic heterocycles. The van der Waals surface area contributed by atoms with E-state index in [0.717, 1.165) is 20.4 Å². The highest BCUT2D eigenvalue weighted by atomic mass is 32.2. The second-order valence-corrected chi connectivity index (χ2v) is 8.79. The van der Waals surface area contributed by atoms with Gasteiger partial charge in [-0.25, -0.2) is 0 Å². The zero-order chi connectivity index (χ0) is 19.0. The Bertz CT molecular complexity index is 1180. The number of thiophene rings is 1. The van der Waals surface area contributed by atoms with E-state index in [4.69, 9.17) is 0 Å². The van der Waals surface area contributed by atoms with Crippen molar-refractivity contribution < 1.29 is 8.42 Å². The maximum Gasteiger partial charge on any atom is 0.301 e. The van der Waals surface area contributed by atoms with Crippen molar-refractivity contribution in [3.63, 3.8) is 0 Å². The number of anilines is 1. The minimum absolute atomic E-state index is 0.483. The molecule has 0 fully saturated rings. The van der Waals surface area contributed by atoms with Crippen LogP contribution in [0, 0.1) is 0 Å². The summed E-state index contributed by atoms with van der Waals surface area (Å²) in [6, 6.07) is 14.7. The molecule has 0 spiro atoms. The van der Waals surface area contributed by atoms with Gasteiger partial charge in [-0.1, -0.05) is 18.2 Å². The van der Waals surface area contributed by atoms with Crippen molar-refractivity contribution in [1.82, 2.24) is 24.1 Å². The second kappa shape index (κ2) is 6.72. The van der Waals surface area contributed by atoms with Crippen LogP contribution in [-0.4, -0.2) is 46.6 Å². The van der Waals surface area contributed by atoms with Crippen LogP contribution in [0.1, 0.15) is 0 Å². The Kier molecular flexibility index (Phi) is 4.38. The van der Waals surface area contributed by atoms with E-state index in [-0.39, 0.29) is 0 Å². The van der Waals surface area contributed by atoms with E-state index in [1.807, 2.05) is 41.8 Å². The van der Waals surface area contributed by atoms with Crippen LogP contribution >= 0.6 is 11.3 Å². The third-order valence-electron chi connectivity index (χ3n) is 3.91. The first-order valence-corrected chi connectivity index (χ1v) is 10.3. The van der Waals surface area contributed by atoms with Gasteiger partial charge in [0.2, 0.25) is 0 Å². The molecule has 0 saturated carbocycles. The molecule has 27 heavy (non-hydrogen) atoms. The molecule has 4 rings (SSSR count). The van der Waals surface area contributed by atoms with Crippen LogP contribution in [0.25, 0.3) is 27.6 Å². The summed E-state index contributed by atoms with van der Waals surface area (Å²) >= 11 is 1.57. The molecular formula is C17H16N6O2S2. The molecule has 0 amide bonds. The van der Waals surface area contributed by atoms with Crippen LogP contribution in [0.4, 0.5) is 5.69 Å². The molecule has 0 aliphatic carbocycles. The number of nitrogens with zero attached hydrogens (tertiary/aromatic N) is 5. The topological polar surface area (TPSA) is 92.5 Å². The van der Waals surface area contributed by atoms with Gasteiger partial charge in [-0.05, 0) is 35.7 Å². The Balaban J connectivity index is 1.67. The first kappa shape index (κ1) is 17.6. The minimum atomic E-state index is -3.53. The predicted octanol–water partition coefficient (Wildman–Crippen LogP) is 2.74. The van der Waals surface area contributed by atoms with Crippen LogP contribution in [0.3, 0.4) is 0 Å². The van der Waals surface area contributed by atoms with Crippen molar-refractivity contribution in [3.05, 3.63) is 53.9 Å². The summed E-state index contributed by atoms with van der Waals surface area (Å²) in [6.45, 7) is 0. The van der Waals surface area contributed by atoms with Gasteiger partial charge in [-0.2, -0.15) is 22.3 Å². The maximum atomic E-state index is 11.9. The van der Waals surface area contributed by atoms with Gasteiger partial charge in [0.15, 0.2) is 11.5 Å². The van der Waals surface area contributed by atoms with Crippen molar-refractivity contribution in [1.29, 1.82) is 0 Å². The smallest absolute Gasteiger partial charge is 0.271 e. The van der Waals surface area contributed by atoms with Gasteiger partial charge in [0.05, 0.1) is 10.6 Å². The van der Waals surface area contributed by atoms with Gasteiger partial charge < -0.3 is 0 Å². The maximum absolute atomic E-state index is 11.9. The quantitative estimate of drug-likeness (QED) is 0.556. The largest absolute Gasteiger partial charge is 0.301 e. The molecule has 138 valence electrons. The Morgan fingerprint density at radius 1 is 1.04 bits per heavy atom. The highest BCUT2D eigenvalue weighted by Crippen LogP contribution is 2.25. The number of nitrogens with one attached hydrogen (secondary N) is 1. The Morgan fingerprint density at radius 2 is 1.81 bits per heavy atom. The molecule has 0 unspecified atom stereocenters. The Morgan fingerprint density at radius 3 is 2.48 bits per heavy atom. The lowest BCUT2D eigenvalue weighted by atomic mass is 10.1. The van der Waals surface area contributed by atoms with E-state index in [1.54, 1.807) is 28.0 Å². The molecule has 1 N–H and O–H groups in total. The molecule has 0 saturated heterocycles. The van der Waals surface area contributed by atoms with Crippen molar-refractivity contribution in [2.45, 2.75) is 0 Å². The first-order valence-electron chi connectivity index (χ1n) is 8.01. The fourth-order valence-electron chi connectivity index (χ4n) is 2.45. The number of hydrogen-bond donors (Lipinski definition) is 1. The van der Waals surface area contributed by atoms with Gasteiger partial charge in [0, 0.05) is 25.3 Å². The average Bonchev–Trinajstić information content (AvgIpc) is 3.30. The summed E-state index contributed by atoms with van der Waals surface area (Å²) in [7, 11) is -0.588. The molecule has 1 aromatic carbocycles. The van der Waals surface area contributed by atoms with Crippen molar-refractivity contribution in [2.24, 2.45) is 0 Å². The summed E-state index contributed by atoms with van der Waals surface area (Å²) in [5.74, 6) is 0.692. The lowest BCUT2D eigenvalue weighted by Crippen LogP contribution is -2.28. The normalized spacial score (nSPS) is 12.0. The Labute approximate surface area is 160 Å². The van der Waals surface area contributed by atoms with Gasteiger partial charge in [-0.3, -0.25) is 4.72 Å². The molecule has 3 aromatic heterocycles. The SMILES string of the molecule is CN(C)S(=O)(=O)Nc1ccc(-c2ccc3nnc(-c4cccs4)n3n2)cc1. The number of fused-ring (bicyclic) bond motifs is 1. The lowest BCUT2D eigenvalue weighted by molar-refractivity contribution is 0.527. The first-order chi connectivity index (χ1) is 12.9. The zero-order valence-electron chi connectivity index (χ0n) is 14.6. The van der Waals surface area contributed by atoms with E-state index in [2.05, 4.69) is 20.0 Å². The van der Waals surface area contributed by atoms with Crippen LogP contribution in [0.15, 0.2) is 53.9 Å². The van der Waals surface area contributed by atoms with E-state index < -0.39 is 10.2 Å². The van der Waals surface area contributed by atoms with Crippen LogP contribution in [0.2, 0.25) is 0 Å². The lowest BCUT2D eigenvalue weighted by Gasteiger charge is -2.13. The molecule has 0 bridgehead atoms. The molecule has 3 heterocycles. The van der Waals surface area contributed by atoms with Crippen LogP contribution < -0.4 is 4.72 Å². The summed E-state index contributed by atoms with van der Waals surface area (Å²) < 4.78 is 29.2. The summed E-state index contributed by atoms with van der Waals surface area (Å²) in [5.41, 5.74) is 2.74.